The summed E-state index contributed by atoms with van der Waals surface area (Å²) in [5, 5.41) is 5.81. The van der Waals surface area contributed by atoms with Crippen LogP contribution in [0.3, 0.4) is 0 Å². The molecule has 12 heteroatoms. The molecule has 0 spiro atoms. The molecular weight excluding hydrogens is 443 g/mol. The largest absolute Gasteiger partial charge is 0.442 e. The second kappa shape index (κ2) is 10.1. The first-order valence-electron chi connectivity index (χ1n) is 11.3. The van der Waals surface area contributed by atoms with Crippen LogP contribution in [-0.2, 0) is 9.53 Å². The van der Waals surface area contributed by atoms with Crippen LogP contribution >= 0.6 is 0 Å². The number of aromatic nitrogens is 3. The second-order valence-corrected chi connectivity index (χ2v) is 8.56. The molecule has 4 rings (SSSR count). The van der Waals surface area contributed by atoms with E-state index in [-0.39, 0.29) is 30.9 Å². The first-order chi connectivity index (χ1) is 16.3. The minimum absolute atomic E-state index is 0.206. The zero-order valence-electron chi connectivity index (χ0n) is 19.5. The number of pyridine rings is 1. The molecule has 0 aliphatic carbocycles. The molecule has 2 aromatic rings. The van der Waals surface area contributed by atoms with Crippen LogP contribution in [0.4, 0.5) is 32.5 Å². The fraction of sp³-hybridized carbons (Fsp3) is 0.500. The highest BCUT2D eigenvalue weighted by atomic mass is 19.1. The van der Waals surface area contributed by atoms with Crippen molar-refractivity contribution < 1.29 is 18.7 Å². The van der Waals surface area contributed by atoms with Crippen molar-refractivity contribution in [1.82, 2.24) is 20.3 Å². The van der Waals surface area contributed by atoms with Gasteiger partial charge < -0.3 is 25.2 Å². The van der Waals surface area contributed by atoms with Crippen LogP contribution in [0.2, 0.25) is 0 Å². The third-order valence-electron chi connectivity index (χ3n) is 5.53. The molecule has 2 N–H and O–H groups in total. The molecule has 2 fully saturated rings. The average Bonchev–Trinajstić information content (AvgIpc) is 3.18. The molecule has 0 aromatic carbocycles. The van der Waals surface area contributed by atoms with E-state index in [2.05, 4.69) is 30.5 Å². The van der Waals surface area contributed by atoms with Gasteiger partial charge in [-0.15, -0.1) is 0 Å². The smallest absolute Gasteiger partial charge is 0.414 e. The van der Waals surface area contributed by atoms with Gasteiger partial charge in [-0.3, -0.25) is 9.69 Å². The number of halogens is 1. The molecule has 2 aromatic heterocycles. The molecular formula is C22H29FN8O3. The van der Waals surface area contributed by atoms with Crippen LogP contribution < -0.4 is 25.3 Å². The Labute approximate surface area is 197 Å². The van der Waals surface area contributed by atoms with Crippen LogP contribution in [0.25, 0.3) is 0 Å². The van der Waals surface area contributed by atoms with Gasteiger partial charge in [0.25, 0.3) is 0 Å². The summed E-state index contributed by atoms with van der Waals surface area (Å²) in [6, 6.07) is 3.39. The number of rotatable bonds is 7. The highest BCUT2D eigenvalue weighted by Crippen LogP contribution is 2.27. The van der Waals surface area contributed by atoms with Crippen molar-refractivity contribution in [2.75, 3.05) is 59.3 Å². The SMILES string of the molecule is CC(=O)NC[C@H]1CN(c2cnc(N3CCN(c4ccnc(NC(C)C)n4)CC3)c(F)c2)C(=O)O1. The maximum atomic E-state index is 15.0. The van der Waals surface area contributed by atoms with Crippen LogP contribution in [-0.4, -0.2) is 78.4 Å². The standard InChI is InChI=1S/C22H29FN8O3/c1-14(2)27-21-24-5-4-19(28-21)29-6-8-30(9-7-29)20-18(23)10-16(11-26-20)31-13-17(34-22(31)33)12-25-15(3)32/h4-5,10-11,14,17H,6-9,12-13H2,1-3H3,(H,25,32)(H,24,27,28)/t17-/m0/s1. The molecule has 11 nitrogen and oxygen atoms in total. The fourth-order valence-electron chi connectivity index (χ4n) is 3.90. The summed E-state index contributed by atoms with van der Waals surface area (Å²) in [6.07, 6.45) is 2.12. The van der Waals surface area contributed by atoms with E-state index in [0.29, 0.717) is 37.8 Å². The molecule has 2 aliphatic rings. The number of carbonyl (C=O) groups excluding carboxylic acids is 2. The predicted molar refractivity (Wildman–Crippen MR) is 126 cm³/mol. The summed E-state index contributed by atoms with van der Waals surface area (Å²) in [5.74, 6) is 0.935. The van der Waals surface area contributed by atoms with Crippen molar-refractivity contribution in [2.45, 2.75) is 32.9 Å². The first-order valence-corrected chi connectivity index (χ1v) is 11.3. The molecule has 0 saturated carbocycles. The number of anilines is 4. The predicted octanol–water partition coefficient (Wildman–Crippen LogP) is 1.62. The third-order valence-corrected chi connectivity index (χ3v) is 5.53. The van der Waals surface area contributed by atoms with Crippen molar-refractivity contribution in [3.05, 3.63) is 30.3 Å². The Hall–Kier alpha value is -3.70. The number of nitrogens with one attached hydrogen (secondary N) is 2. The van der Waals surface area contributed by atoms with Crippen LogP contribution in [0.1, 0.15) is 20.8 Å². The normalized spacial score (nSPS) is 18.3. The van der Waals surface area contributed by atoms with Gasteiger partial charge >= 0.3 is 6.09 Å². The molecule has 2 amide bonds. The van der Waals surface area contributed by atoms with Crippen LogP contribution in [0, 0.1) is 5.82 Å². The molecule has 0 radical (unpaired) electrons. The van der Waals surface area contributed by atoms with Crippen LogP contribution in [0.5, 0.6) is 0 Å². The highest BCUT2D eigenvalue weighted by molar-refractivity contribution is 5.89. The highest BCUT2D eigenvalue weighted by Gasteiger charge is 2.33. The maximum Gasteiger partial charge on any atom is 0.414 e. The summed E-state index contributed by atoms with van der Waals surface area (Å²) in [7, 11) is 0. The van der Waals surface area contributed by atoms with Crippen molar-refractivity contribution in [1.29, 1.82) is 0 Å². The number of hydrogen-bond acceptors (Lipinski definition) is 9. The van der Waals surface area contributed by atoms with E-state index in [9.17, 15) is 14.0 Å². The van der Waals surface area contributed by atoms with E-state index >= 15 is 0 Å². The summed E-state index contributed by atoms with van der Waals surface area (Å²) in [6.45, 7) is 8.32. The molecule has 0 bridgehead atoms. The lowest BCUT2D eigenvalue weighted by atomic mass is 10.2. The number of ether oxygens (including phenoxy) is 1. The lowest BCUT2D eigenvalue weighted by molar-refractivity contribution is -0.119. The molecule has 2 aliphatic heterocycles. The second-order valence-electron chi connectivity index (χ2n) is 8.56. The van der Waals surface area contributed by atoms with E-state index in [0.717, 1.165) is 5.82 Å². The molecule has 0 unspecified atom stereocenters. The Morgan fingerprint density at radius 2 is 1.97 bits per heavy atom. The monoisotopic (exact) mass is 472 g/mol. The van der Waals surface area contributed by atoms with Gasteiger partial charge in [-0.2, -0.15) is 4.98 Å². The zero-order chi connectivity index (χ0) is 24.2. The van der Waals surface area contributed by atoms with Crippen molar-refractivity contribution >= 4 is 35.3 Å². The van der Waals surface area contributed by atoms with E-state index in [1.807, 2.05) is 24.8 Å². The van der Waals surface area contributed by atoms with Crippen molar-refractivity contribution in [3.63, 3.8) is 0 Å². The lowest BCUT2D eigenvalue weighted by Gasteiger charge is -2.36. The average molecular weight is 473 g/mol. The van der Waals surface area contributed by atoms with E-state index in [4.69, 9.17) is 4.74 Å². The Morgan fingerprint density at radius 3 is 2.65 bits per heavy atom. The first kappa shape index (κ1) is 23.5. The lowest BCUT2D eigenvalue weighted by Crippen LogP contribution is -2.47. The Bertz CT molecular complexity index is 1040. The van der Waals surface area contributed by atoms with Gasteiger partial charge in [0.15, 0.2) is 11.6 Å². The third kappa shape index (κ3) is 5.43. The number of amides is 2. The molecule has 34 heavy (non-hydrogen) atoms. The van der Waals surface area contributed by atoms with Crippen molar-refractivity contribution in [3.8, 4) is 0 Å². The summed E-state index contributed by atoms with van der Waals surface area (Å²) >= 11 is 0. The van der Waals surface area contributed by atoms with Crippen molar-refractivity contribution in [2.24, 2.45) is 0 Å². The van der Waals surface area contributed by atoms with E-state index in [1.165, 1.54) is 24.1 Å². The Morgan fingerprint density at radius 1 is 1.24 bits per heavy atom. The number of nitrogens with zero attached hydrogens (tertiary/aromatic N) is 6. The van der Waals surface area contributed by atoms with E-state index < -0.39 is 18.0 Å². The Kier molecular flexibility index (Phi) is 6.94. The zero-order valence-corrected chi connectivity index (χ0v) is 19.5. The Balaban J connectivity index is 1.37. The minimum Gasteiger partial charge on any atom is -0.442 e. The minimum atomic E-state index is -0.589. The fourth-order valence-corrected chi connectivity index (χ4v) is 3.90. The molecule has 2 saturated heterocycles. The number of cyclic esters (lactones) is 1. The molecule has 4 heterocycles. The van der Waals surface area contributed by atoms with Gasteiger partial charge in [0.1, 0.15) is 11.9 Å². The maximum absolute atomic E-state index is 15.0. The molecule has 182 valence electrons. The van der Waals surface area contributed by atoms with Gasteiger partial charge in [0.05, 0.1) is 25.0 Å². The number of carbonyl (C=O) groups is 2. The molecule has 1 atom stereocenters. The van der Waals surface area contributed by atoms with Gasteiger partial charge in [-0.25, -0.2) is 19.2 Å². The quantitative estimate of drug-likeness (QED) is 0.620. The van der Waals surface area contributed by atoms with Crippen LogP contribution in [0.15, 0.2) is 24.5 Å². The van der Waals surface area contributed by atoms with Gasteiger partial charge in [0.2, 0.25) is 11.9 Å². The topological polar surface area (TPSA) is 116 Å². The summed E-state index contributed by atoms with van der Waals surface area (Å²) in [4.78, 5) is 41.7. The summed E-state index contributed by atoms with van der Waals surface area (Å²) < 4.78 is 20.2. The summed E-state index contributed by atoms with van der Waals surface area (Å²) in [5.41, 5.74) is 0.321. The van der Waals surface area contributed by atoms with Gasteiger partial charge in [0, 0.05) is 51.4 Å². The van der Waals surface area contributed by atoms with E-state index in [1.54, 1.807) is 6.20 Å². The number of hydrogen-bond donors (Lipinski definition) is 2. The van der Waals surface area contributed by atoms with Gasteiger partial charge in [-0.05, 0) is 19.9 Å². The number of piperazine rings is 1. The van der Waals surface area contributed by atoms with Gasteiger partial charge in [-0.1, -0.05) is 0 Å².